The van der Waals surface area contributed by atoms with E-state index in [1.807, 2.05) is 30.3 Å². The van der Waals surface area contributed by atoms with E-state index in [4.69, 9.17) is 19.7 Å². The number of phenolic OH excluding ortho intramolecular Hbond substituents is 1. The number of nitrogens with one attached hydrogen (secondary N) is 2. The average Bonchev–Trinajstić information content (AvgIpc) is 3.92. The lowest BCUT2D eigenvalue weighted by atomic mass is 9.92. The van der Waals surface area contributed by atoms with E-state index in [0.717, 1.165) is 144 Å². The van der Waals surface area contributed by atoms with Crippen LogP contribution in [0.25, 0.3) is 32.9 Å². The Balaban J connectivity index is 0.574. The number of aryl methyl sites for hydroxylation is 1. The van der Waals surface area contributed by atoms with E-state index in [2.05, 4.69) is 48.1 Å². The topological polar surface area (TPSA) is 163 Å². The van der Waals surface area contributed by atoms with Crippen molar-refractivity contribution in [2.75, 3.05) is 94.9 Å². The Kier molecular flexibility index (Phi) is 13.8. The molecule has 7 aliphatic heterocycles. The summed E-state index contributed by atoms with van der Waals surface area (Å²) < 4.78 is 23.2. The van der Waals surface area contributed by atoms with Crippen molar-refractivity contribution in [2.45, 2.75) is 108 Å². The lowest BCUT2D eigenvalue weighted by Crippen LogP contribution is -2.59. The number of likely N-dealkylation sites (tertiary alicyclic amines) is 2. The van der Waals surface area contributed by atoms with E-state index < -0.39 is 11.9 Å². The summed E-state index contributed by atoms with van der Waals surface area (Å²) in [6.07, 6.45) is 12.0. The number of piperidine rings is 2. The molecular formula is C57H70FN11O5. The minimum absolute atomic E-state index is 0.0624. The summed E-state index contributed by atoms with van der Waals surface area (Å²) in [5.74, 6) is 0.149. The first-order valence-electron chi connectivity index (χ1n) is 27.6. The summed E-state index contributed by atoms with van der Waals surface area (Å²) in [6, 6.07) is 16.4. The number of ether oxygens (including phenoxy) is 1. The number of carbonyl (C=O) groups is 3. The number of aromatic nitrogens is 3. The summed E-state index contributed by atoms with van der Waals surface area (Å²) in [7, 11) is 0. The number of phenols is 1. The van der Waals surface area contributed by atoms with Gasteiger partial charge in [-0.05, 0) is 129 Å². The van der Waals surface area contributed by atoms with Crippen LogP contribution < -0.4 is 25.2 Å². The molecule has 17 heteroatoms. The second kappa shape index (κ2) is 21.0. The molecule has 3 aromatic carbocycles. The predicted molar refractivity (Wildman–Crippen MR) is 283 cm³/mol. The van der Waals surface area contributed by atoms with Crippen LogP contribution in [0.1, 0.15) is 92.6 Å². The van der Waals surface area contributed by atoms with Crippen LogP contribution in [-0.4, -0.2) is 167 Å². The van der Waals surface area contributed by atoms with Gasteiger partial charge in [-0.15, -0.1) is 0 Å². The third-order valence-electron chi connectivity index (χ3n) is 17.3. The van der Waals surface area contributed by atoms with Crippen molar-refractivity contribution >= 4 is 50.9 Å². The van der Waals surface area contributed by atoms with Crippen LogP contribution in [0.15, 0.2) is 54.7 Å². The minimum atomic E-state index is -0.591. The van der Waals surface area contributed by atoms with Gasteiger partial charge in [-0.25, -0.2) is 4.39 Å². The Morgan fingerprint density at radius 2 is 1.61 bits per heavy atom. The van der Waals surface area contributed by atoms with Gasteiger partial charge < -0.3 is 34.8 Å². The zero-order valence-corrected chi connectivity index (χ0v) is 42.7. The Bertz CT molecular complexity index is 2920. The van der Waals surface area contributed by atoms with Crippen LogP contribution in [0, 0.1) is 11.7 Å². The van der Waals surface area contributed by atoms with Crippen molar-refractivity contribution in [2.24, 2.45) is 5.92 Å². The summed E-state index contributed by atoms with van der Waals surface area (Å²) in [5.41, 5.74) is 4.71. The smallest absolute Gasteiger partial charge is 0.319 e. The number of benzene rings is 3. The van der Waals surface area contributed by atoms with Crippen molar-refractivity contribution < 1.29 is 28.6 Å². The highest BCUT2D eigenvalue weighted by Gasteiger charge is 2.40. The van der Waals surface area contributed by atoms with Gasteiger partial charge >= 0.3 is 6.01 Å². The quantitative estimate of drug-likeness (QED) is 0.0767. The average molecular weight is 1010 g/mol. The molecular weight excluding hydrogens is 938 g/mol. The number of rotatable bonds is 16. The minimum Gasteiger partial charge on any atom is -0.508 e. The Labute approximate surface area is 432 Å². The monoisotopic (exact) mass is 1010 g/mol. The molecule has 7 aliphatic rings. The highest BCUT2D eigenvalue weighted by atomic mass is 19.1. The first kappa shape index (κ1) is 48.9. The van der Waals surface area contributed by atoms with Crippen LogP contribution in [0.2, 0.25) is 0 Å². The van der Waals surface area contributed by atoms with Crippen molar-refractivity contribution in [3.63, 3.8) is 0 Å². The van der Waals surface area contributed by atoms with Crippen LogP contribution in [0.3, 0.4) is 0 Å². The van der Waals surface area contributed by atoms with Gasteiger partial charge in [0.2, 0.25) is 11.8 Å². The molecule has 3 atom stereocenters. The number of aromatic hydroxyl groups is 1. The number of nitrogens with zero attached hydrogens (tertiary/aromatic N) is 9. The lowest BCUT2D eigenvalue weighted by Gasteiger charge is -2.49. The molecule has 2 bridgehead atoms. The Morgan fingerprint density at radius 1 is 0.811 bits per heavy atom. The number of hydrogen-bond donors (Lipinski definition) is 3. The highest BCUT2D eigenvalue weighted by molar-refractivity contribution is 6.06. The first-order valence-corrected chi connectivity index (χ1v) is 27.6. The van der Waals surface area contributed by atoms with Gasteiger partial charge in [0.25, 0.3) is 5.91 Å². The number of halogens is 1. The van der Waals surface area contributed by atoms with Crippen LogP contribution >= 0.6 is 0 Å². The highest BCUT2D eigenvalue weighted by Crippen LogP contribution is 2.40. The van der Waals surface area contributed by atoms with Crippen molar-refractivity contribution in [3.05, 3.63) is 77.2 Å². The maximum atomic E-state index is 17.0. The lowest BCUT2D eigenvalue weighted by molar-refractivity contribution is -0.136. The molecule has 390 valence electrons. The number of pyridine rings is 1. The zero-order chi connectivity index (χ0) is 50.5. The Hall–Kier alpha value is -6.01. The van der Waals surface area contributed by atoms with Gasteiger partial charge in [0.1, 0.15) is 28.8 Å². The number of anilines is 2. The second-order valence-electron chi connectivity index (χ2n) is 22.1. The van der Waals surface area contributed by atoms with E-state index in [1.54, 1.807) is 23.2 Å². The van der Waals surface area contributed by atoms with E-state index >= 15 is 4.39 Å². The Morgan fingerprint density at radius 3 is 2.39 bits per heavy atom. The number of amides is 3. The molecule has 0 aliphatic carbocycles. The zero-order valence-electron chi connectivity index (χ0n) is 42.7. The molecule has 12 rings (SSSR count). The third kappa shape index (κ3) is 9.88. The molecule has 6 saturated heterocycles. The van der Waals surface area contributed by atoms with Gasteiger partial charge in [-0.2, -0.15) is 9.97 Å². The molecule has 0 saturated carbocycles. The van der Waals surface area contributed by atoms with Crippen LogP contribution in [-0.2, 0) is 22.6 Å². The molecule has 3 amide bonds. The normalized spacial score (nSPS) is 23.3. The van der Waals surface area contributed by atoms with Gasteiger partial charge in [-0.3, -0.25) is 34.5 Å². The maximum absolute atomic E-state index is 17.0. The predicted octanol–water partition coefficient (Wildman–Crippen LogP) is 6.11. The van der Waals surface area contributed by atoms with E-state index in [0.29, 0.717) is 60.0 Å². The fourth-order valence-corrected chi connectivity index (χ4v) is 13.3. The SMILES string of the molecule is CCc1cccc2cc(O)cc(-c3ncc4c(N5CC6CCC(C5)N6)nc(OCCCCCCN5CCC(N6CC(CN7CCN(c8ccc9c(c8)CN([C@H]8CCC(=O)NC8=O)C9=O)CC7)C6)CC5)nc4c3F)c12. The fourth-order valence-electron chi connectivity index (χ4n) is 13.3. The number of imide groups is 1. The summed E-state index contributed by atoms with van der Waals surface area (Å²) in [6.45, 7) is 15.5. The summed E-state index contributed by atoms with van der Waals surface area (Å²) >= 11 is 0. The number of carbonyl (C=O) groups excluding carboxylic acids is 3. The number of unbranched alkanes of at least 4 members (excludes halogenated alkanes) is 3. The molecule has 16 nitrogen and oxygen atoms in total. The fraction of sp³-hybridized carbons (Fsp3) is 0.544. The molecule has 2 aromatic heterocycles. The number of piperazine rings is 2. The third-order valence-corrected chi connectivity index (χ3v) is 17.3. The number of fused-ring (bicyclic) bond motifs is 5. The molecule has 2 unspecified atom stereocenters. The van der Waals surface area contributed by atoms with Gasteiger partial charge in [0.05, 0.1) is 12.0 Å². The van der Waals surface area contributed by atoms with Crippen molar-refractivity contribution in [3.8, 4) is 23.0 Å². The molecule has 9 heterocycles. The summed E-state index contributed by atoms with van der Waals surface area (Å²) in [5, 5.41) is 19.1. The molecule has 0 spiro atoms. The second-order valence-corrected chi connectivity index (χ2v) is 22.1. The van der Waals surface area contributed by atoms with Gasteiger partial charge in [0.15, 0.2) is 5.82 Å². The van der Waals surface area contributed by atoms with Crippen molar-refractivity contribution in [1.29, 1.82) is 0 Å². The van der Waals surface area contributed by atoms with Gasteiger partial charge in [-0.1, -0.05) is 38.0 Å². The molecule has 3 N–H and O–H groups in total. The maximum Gasteiger partial charge on any atom is 0.319 e. The van der Waals surface area contributed by atoms with Gasteiger partial charge in [0, 0.05) is 113 Å². The van der Waals surface area contributed by atoms with E-state index in [1.165, 1.54) is 25.9 Å². The largest absolute Gasteiger partial charge is 0.508 e. The molecule has 0 radical (unpaired) electrons. The van der Waals surface area contributed by atoms with E-state index in [9.17, 15) is 19.5 Å². The van der Waals surface area contributed by atoms with Crippen LogP contribution in [0.5, 0.6) is 11.8 Å². The van der Waals surface area contributed by atoms with Crippen molar-refractivity contribution in [1.82, 2.24) is 45.2 Å². The standard InChI is InChI=1S/C57H70FN11O5/c1-2-37-8-7-9-38-27-44(70)28-46(50(37)38)52-51(58)53-47(29-59-52)54(68-34-40-10-11-41(35-68)60-40)63-57(62-53)74-25-6-4-3-5-18-64-19-16-42(17-20-64)67-31-36(32-67)30-65-21-23-66(24-22-65)43-12-13-45-39(26-43)33-69(56(45)73)48-14-15-49(71)61-55(48)72/h7-9,12-13,26-29,36,40-42,48,60,70H,2-6,10-11,14-25,30-35H2,1H3,(H,61,71,72)/t40?,41?,48-/m0/s1. The molecule has 6 fully saturated rings. The molecule has 74 heavy (non-hydrogen) atoms. The summed E-state index contributed by atoms with van der Waals surface area (Å²) in [4.78, 5) is 66.0. The van der Waals surface area contributed by atoms with E-state index in [-0.39, 0.29) is 47.1 Å². The molecule has 5 aromatic rings. The van der Waals surface area contributed by atoms with Crippen LogP contribution in [0.4, 0.5) is 15.9 Å². The first-order chi connectivity index (χ1) is 36.1. The number of hydrogen-bond acceptors (Lipinski definition) is 14.